The summed E-state index contributed by atoms with van der Waals surface area (Å²) in [6.45, 7) is 3.00. The maximum Gasteiger partial charge on any atom is 0.573 e. The van der Waals surface area contributed by atoms with Gasteiger partial charge in [-0.1, -0.05) is 24.3 Å². The number of aliphatic hydroxyl groups is 1. The number of ether oxygens (including phenoxy) is 1. The Bertz CT molecular complexity index is 1500. The Morgan fingerprint density at radius 2 is 1.90 bits per heavy atom. The third kappa shape index (κ3) is 6.77. The van der Waals surface area contributed by atoms with Gasteiger partial charge in [-0.15, -0.1) is 13.2 Å². The zero-order valence-electron chi connectivity index (χ0n) is 22.3. The van der Waals surface area contributed by atoms with Gasteiger partial charge >= 0.3 is 6.36 Å². The smallest absolute Gasteiger partial charge is 0.406 e. The molecule has 1 fully saturated rings. The predicted octanol–water partition coefficient (Wildman–Crippen LogP) is 2.95. The van der Waals surface area contributed by atoms with Crippen molar-refractivity contribution in [1.82, 2.24) is 9.62 Å². The van der Waals surface area contributed by atoms with E-state index in [1.165, 1.54) is 34.3 Å². The summed E-state index contributed by atoms with van der Waals surface area (Å²) in [5.41, 5.74) is 0.788. The van der Waals surface area contributed by atoms with Crippen molar-refractivity contribution in [3.8, 4) is 5.75 Å². The lowest BCUT2D eigenvalue weighted by molar-refractivity contribution is -0.274. The second-order valence-electron chi connectivity index (χ2n) is 9.65. The first kappa shape index (κ1) is 30.2. The van der Waals surface area contributed by atoms with Gasteiger partial charge in [0, 0.05) is 43.2 Å². The summed E-state index contributed by atoms with van der Waals surface area (Å²) in [6, 6.07) is 10.2. The SMILES string of the molecule is CC(=O)N(CCO)c1cccc(/C=C/S(=O)(=O)N2CCC3(CC2)N=C(c2cccc(OC(F)(F)F)c2)NC3=O)c1C. The number of aliphatic imine (C=N–C) groups is 1. The largest absolute Gasteiger partial charge is 0.573 e. The van der Waals surface area contributed by atoms with Gasteiger partial charge in [-0.05, 0) is 55.2 Å². The highest BCUT2D eigenvalue weighted by atomic mass is 32.2. The lowest BCUT2D eigenvalue weighted by atomic mass is 9.89. The molecule has 14 heteroatoms. The van der Waals surface area contributed by atoms with Crippen LogP contribution in [-0.4, -0.2) is 73.6 Å². The first-order valence-corrected chi connectivity index (χ1v) is 14.2. The summed E-state index contributed by atoms with van der Waals surface area (Å²) in [6.07, 6.45) is -3.28. The molecule has 2 heterocycles. The number of hydrogen-bond donors (Lipinski definition) is 2. The van der Waals surface area contributed by atoms with E-state index in [1.54, 1.807) is 25.1 Å². The number of anilines is 1. The van der Waals surface area contributed by atoms with Crippen molar-refractivity contribution in [3.63, 3.8) is 0 Å². The maximum absolute atomic E-state index is 13.1. The molecule has 2 aromatic carbocycles. The molecule has 0 radical (unpaired) electrons. The van der Waals surface area contributed by atoms with Gasteiger partial charge in [-0.3, -0.25) is 14.6 Å². The number of piperidine rings is 1. The first-order chi connectivity index (χ1) is 19.2. The van der Waals surface area contributed by atoms with Crippen LogP contribution in [0.25, 0.3) is 6.08 Å². The molecule has 0 bridgehead atoms. The Balaban J connectivity index is 1.48. The number of nitrogens with one attached hydrogen (secondary N) is 1. The van der Waals surface area contributed by atoms with Crippen molar-refractivity contribution >= 4 is 39.4 Å². The highest BCUT2D eigenvalue weighted by Crippen LogP contribution is 2.33. The van der Waals surface area contributed by atoms with E-state index >= 15 is 0 Å². The van der Waals surface area contributed by atoms with Crippen molar-refractivity contribution < 1.29 is 41.0 Å². The number of sulfonamides is 1. The van der Waals surface area contributed by atoms with E-state index in [9.17, 15) is 36.3 Å². The molecule has 10 nitrogen and oxygen atoms in total. The summed E-state index contributed by atoms with van der Waals surface area (Å²) in [4.78, 5) is 30.8. The van der Waals surface area contributed by atoms with E-state index in [-0.39, 0.29) is 56.4 Å². The van der Waals surface area contributed by atoms with Crippen LogP contribution in [0.2, 0.25) is 0 Å². The minimum absolute atomic E-state index is 0.00172. The van der Waals surface area contributed by atoms with Crippen LogP contribution >= 0.6 is 0 Å². The van der Waals surface area contributed by atoms with Crippen LogP contribution in [0.15, 0.2) is 52.9 Å². The average Bonchev–Trinajstić information content (AvgIpc) is 3.21. The standard InChI is InChI=1S/C27H29F3N4O6S/c1-18-20(5-4-8-23(18)34(14-15-35)19(2)36)9-16-41(38,39)33-12-10-26(11-13-33)25(37)31-24(32-26)21-6-3-7-22(17-21)40-27(28,29)30/h3-9,16-17,35H,10-15H2,1-2H3,(H,31,32,37)/b16-9+. The minimum Gasteiger partial charge on any atom is -0.406 e. The van der Waals surface area contributed by atoms with Crippen molar-refractivity contribution in [1.29, 1.82) is 0 Å². The van der Waals surface area contributed by atoms with Crippen molar-refractivity contribution in [3.05, 3.63) is 64.6 Å². The number of benzene rings is 2. The molecule has 0 aromatic heterocycles. The van der Waals surface area contributed by atoms with Gasteiger partial charge in [0.2, 0.25) is 15.9 Å². The summed E-state index contributed by atoms with van der Waals surface area (Å²) in [7, 11) is -3.88. The maximum atomic E-state index is 13.1. The molecular weight excluding hydrogens is 565 g/mol. The molecule has 2 N–H and O–H groups in total. The molecule has 1 saturated heterocycles. The number of carbonyl (C=O) groups is 2. The monoisotopic (exact) mass is 594 g/mol. The fraction of sp³-hybridized carbons (Fsp3) is 0.370. The van der Waals surface area contributed by atoms with Crippen LogP contribution in [0, 0.1) is 6.92 Å². The summed E-state index contributed by atoms with van der Waals surface area (Å²) < 4.78 is 69.2. The van der Waals surface area contributed by atoms with Gasteiger partial charge in [0.05, 0.1) is 6.61 Å². The number of nitrogens with zero attached hydrogens (tertiary/aromatic N) is 3. The quantitative estimate of drug-likeness (QED) is 0.484. The summed E-state index contributed by atoms with van der Waals surface area (Å²) in [5, 5.41) is 13.0. The zero-order chi connectivity index (χ0) is 30.0. The van der Waals surface area contributed by atoms with Crippen molar-refractivity contribution in [2.45, 2.75) is 38.6 Å². The minimum atomic E-state index is -4.87. The molecule has 0 aliphatic carbocycles. The topological polar surface area (TPSA) is 129 Å². The summed E-state index contributed by atoms with van der Waals surface area (Å²) in [5.74, 6) is -1.08. The van der Waals surface area contributed by atoms with Crippen LogP contribution < -0.4 is 15.0 Å². The molecule has 0 saturated carbocycles. The van der Waals surface area contributed by atoms with Crippen LogP contribution in [0.4, 0.5) is 18.9 Å². The molecule has 1 spiro atoms. The molecule has 0 unspecified atom stereocenters. The van der Waals surface area contributed by atoms with E-state index in [0.717, 1.165) is 17.5 Å². The number of carbonyl (C=O) groups excluding carboxylic acids is 2. The third-order valence-corrected chi connectivity index (χ3v) is 8.56. The Morgan fingerprint density at radius 3 is 2.54 bits per heavy atom. The Kier molecular flexibility index (Phi) is 8.57. The molecule has 2 aromatic rings. The number of aliphatic hydroxyl groups excluding tert-OH is 1. The fourth-order valence-electron chi connectivity index (χ4n) is 4.85. The Labute approximate surface area is 235 Å². The number of amides is 2. The summed E-state index contributed by atoms with van der Waals surface area (Å²) >= 11 is 0. The number of rotatable bonds is 8. The fourth-order valence-corrected chi connectivity index (χ4v) is 6.03. The molecule has 220 valence electrons. The van der Waals surface area contributed by atoms with Crippen molar-refractivity contribution in [2.75, 3.05) is 31.1 Å². The van der Waals surface area contributed by atoms with Crippen LogP contribution in [-0.2, 0) is 19.6 Å². The lowest BCUT2D eigenvalue weighted by Crippen LogP contribution is -2.50. The van der Waals surface area contributed by atoms with Gasteiger partial charge in [-0.25, -0.2) is 8.42 Å². The highest BCUT2D eigenvalue weighted by Gasteiger charge is 2.47. The van der Waals surface area contributed by atoms with E-state index in [0.29, 0.717) is 16.8 Å². The highest BCUT2D eigenvalue weighted by molar-refractivity contribution is 7.92. The zero-order valence-corrected chi connectivity index (χ0v) is 23.1. The van der Waals surface area contributed by atoms with E-state index < -0.39 is 33.6 Å². The first-order valence-electron chi connectivity index (χ1n) is 12.7. The molecule has 2 amide bonds. The van der Waals surface area contributed by atoms with E-state index in [4.69, 9.17) is 0 Å². The van der Waals surface area contributed by atoms with Gasteiger partial charge in [-0.2, -0.15) is 4.31 Å². The van der Waals surface area contributed by atoms with Gasteiger partial charge in [0.15, 0.2) is 0 Å². The Morgan fingerprint density at radius 1 is 1.22 bits per heavy atom. The van der Waals surface area contributed by atoms with Crippen LogP contribution in [0.5, 0.6) is 5.75 Å². The van der Waals surface area contributed by atoms with Gasteiger partial charge in [0.1, 0.15) is 17.1 Å². The molecule has 41 heavy (non-hydrogen) atoms. The third-order valence-electron chi connectivity index (χ3n) is 6.99. The van der Waals surface area contributed by atoms with E-state index in [2.05, 4.69) is 15.0 Å². The van der Waals surface area contributed by atoms with Crippen molar-refractivity contribution in [2.24, 2.45) is 4.99 Å². The molecular formula is C27H29F3N4O6S. The predicted molar refractivity (Wildman–Crippen MR) is 146 cm³/mol. The van der Waals surface area contributed by atoms with Gasteiger partial charge < -0.3 is 20.1 Å². The van der Waals surface area contributed by atoms with Gasteiger partial charge in [0.25, 0.3) is 5.91 Å². The molecule has 0 atom stereocenters. The Hall–Kier alpha value is -3.75. The molecule has 2 aliphatic heterocycles. The number of amidine groups is 1. The second kappa shape index (κ2) is 11.6. The molecule has 4 rings (SSSR count). The van der Waals surface area contributed by atoms with Crippen LogP contribution in [0.1, 0.15) is 36.5 Å². The van der Waals surface area contributed by atoms with E-state index in [1.807, 2.05) is 0 Å². The second-order valence-corrected chi connectivity index (χ2v) is 11.5. The van der Waals surface area contributed by atoms with Crippen LogP contribution in [0.3, 0.4) is 0 Å². The normalized spacial score (nSPS) is 17.5. The number of alkyl halides is 3. The average molecular weight is 595 g/mol. The number of hydrogen-bond acceptors (Lipinski definition) is 7. The number of halogens is 3. The lowest BCUT2D eigenvalue weighted by Gasteiger charge is -2.34. The molecule has 2 aliphatic rings.